The van der Waals surface area contributed by atoms with E-state index in [0.717, 1.165) is 29.7 Å². The summed E-state index contributed by atoms with van der Waals surface area (Å²) in [6.45, 7) is 6.20. The highest BCUT2D eigenvalue weighted by atomic mass is 32.1. The molecule has 0 atom stereocenters. The van der Waals surface area contributed by atoms with Gasteiger partial charge in [-0.3, -0.25) is 0 Å². The van der Waals surface area contributed by atoms with Gasteiger partial charge in [-0.15, -0.1) is 0 Å². The zero-order chi connectivity index (χ0) is 20.0. The summed E-state index contributed by atoms with van der Waals surface area (Å²) in [5.74, 6) is 0.719. The van der Waals surface area contributed by atoms with Crippen molar-refractivity contribution in [1.29, 1.82) is 0 Å². The average molecular weight is 393 g/mol. The molecule has 0 saturated heterocycles. The molecule has 6 heteroatoms. The first-order valence-electron chi connectivity index (χ1n) is 8.91. The first kappa shape index (κ1) is 21.1. The minimum absolute atomic E-state index is 0.00703. The monoisotopic (exact) mass is 393 g/mol. The summed E-state index contributed by atoms with van der Waals surface area (Å²) in [6, 6.07) is 8.75. The Labute approximate surface area is 164 Å². The molecule has 146 valence electrons. The van der Waals surface area contributed by atoms with Gasteiger partial charge in [0.2, 0.25) is 0 Å². The van der Waals surface area contributed by atoms with Crippen LogP contribution < -0.4 is 10.1 Å². The standard InChI is InChI=1S/C21H25F2NO2S/c1-5-14-11-15(6-2)19(10-13(14)3)26-12-17-16(20(22)23)8-7-9-18(17)24-21(27)25-4/h7-11,20H,5-6,12H2,1-4H3,(H,24,27). The minimum atomic E-state index is -2.61. The summed E-state index contributed by atoms with van der Waals surface area (Å²) in [5, 5.41) is 2.96. The van der Waals surface area contributed by atoms with E-state index in [2.05, 4.69) is 18.3 Å². The van der Waals surface area contributed by atoms with Crippen molar-refractivity contribution in [2.75, 3.05) is 12.4 Å². The number of alkyl halides is 2. The van der Waals surface area contributed by atoms with Gasteiger partial charge in [0.25, 0.3) is 11.6 Å². The van der Waals surface area contributed by atoms with Gasteiger partial charge in [-0.25, -0.2) is 8.78 Å². The molecule has 0 aliphatic carbocycles. The fourth-order valence-electron chi connectivity index (χ4n) is 2.97. The molecule has 0 aliphatic rings. The number of thiocarbonyl (C=S) groups is 1. The molecule has 0 unspecified atom stereocenters. The molecule has 27 heavy (non-hydrogen) atoms. The highest BCUT2D eigenvalue weighted by Crippen LogP contribution is 2.31. The number of methoxy groups -OCH3 is 1. The van der Waals surface area contributed by atoms with Crippen LogP contribution >= 0.6 is 12.2 Å². The van der Waals surface area contributed by atoms with E-state index in [1.165, 1.54) is 18.7 Å². The summed E-state index contributed by atoms with van der Waals surface area (Å²) >= 11 is 5.01. The summed E-state index contributed by atoms with van der Waals surface area (Å²) in [5.41, 5.74) is 4.20. The molecular weight excluding hydrogens is 368 g/mol. The van der Waals surface area contributed by atoms with E-state index in [-0.39, 0.29) is 17.3 Å². The lowest BCUT2D eigenvalue weighted by Gasteiger charge is -2.18. The van der Waals surface area contributed by atoms with Crippen LogP contribution in [-0.2, 0) is 24.2 Å². The fraction of sp³-hybridized carbons (Fsp3) is 0.381. The Bertz CT molecular complexity index is 809. The van der Waals surface area contributed by atoms with Crippen LogP contribution in [0.2, 0.25) is 0 Å². The molecular formula is C21H25F2NO2S. The molecule has 0 fully saturated rings. The average Bonchev–Trinajstić information content (AvgIpc) is 2.66. The first-order chi connectivity index (χ1) is 12.9. The second-order valence-corrected chi connectivity index (χ2v) is 6.54. The molecule has 0 heterocycles. The quantitative estimate of drug-likeness (QED) is 0.586. The third-order valence-electron chi connectivity index (χ3n) is 4.52. The maximum atomic E-state index is 13.5. The van der Waals surface area contributed by atoms with Crippen molar-refractivity contribution in [3.8, 4) is 5.75 Å². The fourth-order valence-corrected chi connectivity index (χ4v) is 3.08. The van der Waals surface area contributed by atoms with Gasteiger partial charge in [-0.1, -0.05) is 32.0 Å². The van der Waals surface area contributed by atoms with Crippen LogP contribution in [0.3, 0.4) is 0 Å². The lowest BCUT2D eigenvalue weighted by Crippen LogP contribution is -2.14. The number of anilines is 1. The van der Waals surface area contributed by atoms with Crippen LogP contribution in [0.4, 0.5) is 14.5 Å². The third-order valence-corrected chi connectivity index (χ3v) is 4.79. The smallest absolute Gasteiger partial charge is 0.264 e. The van der Waals surface area contributed by atoms with Crippen molar-refractivity contribution in [3.63, 3.8) is 0 Å². The zero-order valence-corrected chi connectivity index (χ0v) is 16.9. The second kappa shape index (κ2) is 9.65. The first-order valence-corrected chi connectivity index (χ1v) is 9.32. The van der Waals surface area contributed by atoms with Gasteiger partial charge in [0.05, 0.1) is 7.11 Å². The van der Waals surface area contributed by atoms with E-state index >= 15 is 0 Å². The van der Waals surface area contributed by atoms with Gasteiger partial charge >= 0.3 is 0 Å². The van der Waals surface area contributed by atoms with E-state index in [9.17, 15) is 8.78 Å². The van der Waals surface area contributed by atoms with Gasteiger partial charge in [0.1, 0.15) is 12.4 Å². The molecule has 2 aromatic rings. The van der Waals surface area contributed by atoms with E-state index < -0.39 is 6.43 Å². The zero-order valence-electron chi connectivity index (χ0n) is 16.1. The van der Waals surface area contributed by atoms with E-state index in [1.807, 2.05) is 19.9 Å². The second-order valence-electron chi connectivity index (χ2n) is 6.17. The van der Waals surface area contributed by atoms with Crippen molar-refractivity contribution in [2.45, 2.75) is 46.6 Å². The number of ether oxygens (including phenoxy) is 2. The van der Waals surface area contributed by atoms with Gasteiger partial charge in [0, 0.05) is 16.8 Å². The molecule has 2 rings (SSSR count). The normalized spacial score (nSPS) is 10.8. The Morgan fingerprint density at radius 2 is 1.85 bits per heavy atom. The largest absolute Gasteiger partial charge is 0.489 e. The maximum Gasteiger partial charge on any atom is 0.264 e. The van der Waals surface area contributed by atoms with Gasteiger partial charge in [-0.2, -0.15) is 0 Å². The number of halogens is 2. The number of aryl methyl sites for hydroxylation is 3. The van der Waals surface area contributed by atoms with Crippen LogP contribution in [-0.4, -0.2) is 12.3 Å². The molecule has 0 bridgehead atoms. The van der Waals surface area contributed by atoms with Crippen LogP contribution in [0, 0.1) is 6.92 Å². The van der Waals surface area contributed by atoms with E-state index in [0.29, 0.717) is 11.3 Å². The highest BCUT2D eigenvalue weighted by Gasteiger charge is 2.18. The molecule has 1 N–H and O–H groups in total. The Hall–Kier alpha value is -2.21. The predicted molar refractivity (Wildman–Crippen MR) is 109 cm³/mol. The summed E-state index contributed by atoms with van der Waals surface area (Å²) in [6.07, 6.45) is -0.871. The van der Waals surface area contributed by atoms with Gasteiger partial charge in [-0.05, 0) is 60.8 Å². The summed E-state index contributed by atoms with van der Waals surface area (Å²) < 4.78 is 38.0. The molecule has 0 amide bonds. The number of benzene rings is 2. The van der Waals surface area contributed by atoms with Crippen LogP contribution in [0.1, 0.15) is 48.1 Å². The summed E-state index contributed by atoms with van der Waals surface area (Å²) in [7, 11) is 1.42. The summed E-state index contributed by atoms with van der Waals surface area (Å²) in [4.78, 5) is 0. The number of hydrogen-bond acceptors (Lipinski definition) is 3. The van der Waals surface area contributed by atoms with Crippen LogP contribution in [0.15, 0.2) is 30.3 Å². The highest BCUT2D eigenvalue weighted by molar-refractivity contribution is 7.80. The molecule has 0 saturated carbocycles. The predicted octanol–water partition coefficient (Wildman–Crippen LogP) is 5.98. The van der Waals surface area contributed by atoms with Crippen molar-refractivity contribution in [1.82, 2.24) is 0 Å². The van der Waals surface area contributed by atoms with Gasteiger partial charge in [0.15, 0.2) is 0 Å². The van der Waals surface area contributed by atoms with Crippen molar-refractivity contribution in [2.24, 2.45) is 0 Å². The number of rotatable bonds is 7. The van der Waals surface area contributed by atoms with Crippen LogP contribution in [0.5, 0.6) is 5.75 Å². The van der Waals surface area contributed by atoms with Crippen molar-refractivity contribution in [3.05, 3.63) is 58.1 Å². The van der Waals surface area contributed by atoms with Crippen molar-refractivity contribution >= 4 is 23.1 Å². The molecule has 0 aromatic heterocycles. The molecule has 0 spiro atoms. The van der Waals surface area contributed by atoms with E-state index in [4.69, 9.17) is 21.7 Å². The van der Waals surface area contributed by atoms with Gasteiger partial charge < -0.3 is 14.8 Å². The number of hydrogen-bond donors (Lipinski definition) is 1. The molecule has 0 aliphatic heterocycles. The third kappa shape index (κ3) is 5.16. The van der Waals surface area contributed by atoms with Crippen LogP contribution in [0.25, 0.3) is 0 Å². The molecule has 3 nitrogen and oxygen atoms in total. The Morgan fingerprint density at radius 3 is 2.44 bits per heavy atom. The number of nitrogens with one attached hydrogen (secondary N) is 1. The minimum Gasteiger partial charge on any atom is -0.489 e. The topological polar surface area (TPSA) is 30.5 Å². The maximum absolute atomic E-state index is 13.5. The van der Waals surface area contributed by atoms with Crippen molar-refractivity contribution < 1.29 is 18.3 Å². The lowest BCUT2D eigenvalue weighted by molar-refractivity contribution is 0.148. The SMILES string of the molecule is CCc1cc(CC)c(OCc2c(NC(=S)OC)cccc2C(F)F)cc1C. The molecule has 2 aromatic carbocycles. The Morgan fingerprint density at radius 1 is 1.15 bits per heavy atom. The van der Waals surface area contributed by atoms with E-state index in [1.54, 1.807) is 12.1 Å². The molecule has 0 radical (unpaired) electrons. The lowest BCUT2D eigenvalue weighted by atomic mass is 10.0. The Kier molecular flexibility index (Phi) is 7.54. The Balaban J connectivity index is 2.36.